The zero-order valence-electron chi connectivity index (χ0n) is 22.0. The fourth-order valence-corrected chi connectivity index (χ4v) is 6.63. The molecule has 0 unspecified atom stereocenters. The van der Waals surface area contributed by atoms with Gasteiger partial charge in [-0.1, -0.05) is 54.6 Å². The Kier molecular flexibility index (Phi) is 7.93. The number of nitrogens with two attached hydrogens (primary N) is 1. The van der Waals surface area contributed by atoms with E-state index in [2.05, 4.69) is 15.0 Å². The molecule has 4 aromatic carbocycles. The summed E-state index contributed by atoms with van der Waals surface area (Å²) in [5.74, 6) is -4.07. The van der Waals surface area contributed by atoms with Gasteiger partial charge in [0.15, 0.2) is 5.03 Å². The van der Waals surface area contributed by atoms with Gasteiger partial charge in [0.1, 0.15) is 17.5 Å². The number of para-hydroxylation sites is 2. The maximum absolute atomic E-state index is 14.5. The summed E-state index contributed by atoms with van der Waals surface area (Å²) in [6, 6.07) is 24.7. The zero-order chi connectivity index (χ0) is 30.8. The number of aromatic nitrogens is 1. The Morgan fingerprint density at radius 2 is 1.21 bits per heavy atom. The first-order valence-electron chi connectivity index (χ1n) is 12.5. The van der Waals surface area contributed by atoms with Crippen molar-refractivity contribution in [3.63, 3.8) is 0 Å². The molecule has 5 rings (SSSR count). The van der Waals surface area contributed by atoms with Crippen LogP contribution in [0, 0.1) is 11.6 Å². The van der Waals surface area contributed by atoms with Crippen molar-refractivity contribution in [2.75, 3.05) is 15.8 Å². The summed E-state index contributed by atoms with van der Waals surface area (Å²) in [4.78, 5) is 17.1. The minimum absolute atomic E-state index is 0.0221. The maximum Gasteiger partial charge on any atom is 0.261 e. The summed E-state index contributed by atoms with van der Waals surface area (Å²) in [5, 5.41) is 2.22. The molecule has 0 saturated heterocycles. The highest BCUT2D eigenvalue weighted by atomic mass is 32.2. The van der Waals surface area contributed by atoms with Gasteiger partial charge >= 0.3 is 0 Å². The van der Waals surface area contributed by atoms with Crippen LogP contribution in [0.5, 0.6) is 0 Å². The standard InChI is InChI=1S/C30H22F2N4O5S2/c31-22-14-9-15-23(32)27(22)28(37)21-18-26(30(35-29(21)33)42(38,39)19-10-3-1-4-11-19)34-24-16-7-8-17-25(24)36-43(40,41)20-12-5-2-6-13-20/h1-18,34,36H,(H2,33,35). The van der Waals surface area contributed by atoms with Crippen LogP contribution in [0.15, 0.2) is 124 Å². The largest absolute Gasteiger partial charge is 0.383 e. The highest BCUT2D eigenvalue weighted by molar-refractivity contribution is 7.92. The van der Waals surface area contributed by atoms with E-state index in [-0.39, 0.29) is 26.9 Å². The van der Waals surface area contributed by atoms with Crippen LogP contribution in [0.1, 0.15) is 15.9 Å². The molecule has 13 heteroatoms. The number of sulfonamides is 1. The molecule has 0 amide bonds. The summed E-state index contributed by atoms with van der Waals surface area (Å²) in [6.07, 6.45) is 0. The topological polar surface area (TPSA) is 148 Å². The second-order valence-electron chi connectivity index (χ2n) is 9.11. The summed E-state index contributed by atoms with van der Waals surface area (Å²) in [6.45, 7) is 0. The molecule has 0 aliphatic heterocycles. The Hall–Kier alpha value is -5.14. The predicted octanol–water partition coefficient (Wildman–Crippen LogP) is 5.55. The SMILES string of the molecule is Nc1nc(S(=O)(=O)c2ccccc2)c(Nc2ccccc2NS(=O)(=O)c2ccccc2)cc1C(=O)c1c(F)cccc1F. The fraction of sp³-hybridized carbons (Fsp3) is 0. The second-order valence-corrected chi connectivity index (χ2v) is 12.7. The van der Waals surface area contributed by atoms with Gasteiger partial charge in [-0.15, -0.1) is 0 Å². The molecule has 0 atom stereocenters. The minimum atomic E-state index is -4.38. The number of halogens is 2. The van der Waals surface area contributed by atoms with Gasteiger partial charge in [-0.2, -0.15) is 0 Å². The summed E-state index contributed by atoms with van der Waals surface area (Å²) in [5.41, 5.74) is 4.43. The normalized spacial score (nSPS) is 11.6. The number of hydrogen-bond acceptors (Lipinski definition) is 8. The second kappa shape index (κ2) is 11.6. The monoisotopic (exact) mass is 620 g/mol. The average molecular weight is 621 g/mol. The van der Waals surface area contributed by atoms with Gasteiger partial charge in [0.25, 0.3) is 10.0 Å². The zero-order valence-corrected chi connectivity index (χ0v) is 23.7. The van der Waals surface area contributed by atoms with E-state index in [1.807, 2.05) is 0 Å². The Morgan fingerprint density at radius 3 is 1.81 bits per heavy atom. The van der Waals surface area contributed by atoms with E-state index in [1.54, 1.807) is 36.4 Å². The third kappa shape index (κ3) is 5.94. The molecule has 43 heavy (non-hydrogen) atoms. The van der Waals surface area contributed by atoms with Crippen LogP contribution in [0.25, 0.3) is 0 Å². The Labute approximate surface area is 246 Å². The predicted molar refractivity (Wildman–Crippen MR) is 157 cm³/mol. The number of anilines is 4. The lowest BCUT2D eigenvalue weighted by Gasteiger charge is -2.18. The molecule has 0 fully saturated rings. The van der Waals surface area contributed by atoms with Gasteiger partial charge in [0.2, 0.25) is 15.6 Å². The van der Waals surface area contributed by atoms with E-state index < -0.39 is 59.2 Å². The minimum Gasteiger partial charge on any atom is -0.383 e. The molecule has 4 N–H and O–H groups in total. The molecule has 0 saturated carbocycles. The molecule has 218 valence electrons. The maximum atomic E-state index is 14.5. The molecule has 5 aromatic rings. The molecule has 1 heterocycles. The number of carbonyl (C=O) groups is 1. The van der Waals surface area contributed by atoms with Gasteiger partial charge < -0.3 is 11.1 Å². The number of hydrogen-bond donors (Lipinski definition) is 3. The number of nitrogens with one attached hydrogen (secondary N) is 2. The third-order valence-corrected chi connectivity index (χ3v) is 9.35. The number of nitrogens with zero attached hydrogens (tertiary/aromatic N) is 1. The van der Waals surface area contributed by atoms with E-state index in [0.29, 0.717) is 0 Å². The van der Waals surface area contributed by atoms with Crippen molar-refractivity contribution in [2.24, 2.45) is 0 Å². The average Bonchev–Trinajstić information content (AvgIpc) is 2.99. The van der Waals surface area contributed by atoms with Crippen LogP contribution < -0.4 is 15.8 Å². The van der Waals surface area contributed by atoms with Crippen molar-refractivity contribution in [2.45, 2.75) is 14.8 Å². The lowest BCUT2D eigenvalue weighted by atomic mass is 10.0. The number of sulfone groups is 1. The Morgan fingerprint density at radius 1 is 0.674 bits per heavy atom. The summed E-state index contributed by atoms with van der Waals surface area (Å²) >= 11 is 0. The molecule has 0 aliphatic rings. The van der Waals surface area contributed by atoms with Crippen molar-refractivity contribution in [3.8, 4) is 0 Å². The highest BCUT2D eigenvalue weighted by Crippen LogP contribution is 2.35. The molecule has 0 bridgehead atoms. The summed E-state index contributed by atoms with van der Waals surface area (Å²) in [7, 11) is -8.44. The lowest BCUT2D eigenvalue weighted by molar-refractivity contribution is 0.103. The van der Waals surface area contributed by atoms with Gasteiger partial charge in [-0.3, -0.25) is 9.52 Å². The van der Waals surface area contributed by atoms with Crippen molar-refractivity contribution >= 4 is 48.5 Å². The number of pyridine rings is 1. The van der Waals surface area contributed by atoms with Gasteiger partial charge in [-0.05, 0) is 54.6 Å². The molecule has 1 aromatic heterocycles. The van der Waals surface area contributed by atoms with E-state index in [1.165, 1.54) is 48.5 Å². The smallest absolute Gasteiger partial charge is 0.261 e. The number of carbonyl (C=O) groups excluding carboxylic acids is 1. The lowest BCUT2D eigenvalue weighted by Crippen LogP contribution is -2.17. The summed E-state index contributed by atoms with van der Waals surface area (Å²) < 4.78 is 84.9. The fourth-order valence-electron chi connectivity index (χ4n) is 4.18. The van der Waals surface area contributed by atoms with Crippen molar-refractivity contribution in [1.82, 2.24) is 4.98 Å². The van der Waals surface area contributed by atoms with Crippen LogP contribution in [0.3, 0.4) is 0 Å². The first-order valence-corrected chi connectivity index (χ1v) is 15.5. The van der Waals surface area contributed by atoms with Crippen molar-refractivity contribution in [3.05, 3.63) is 132 Å². The van der Waals surface area contributed by atoms with Crippen LogP contribution in [0.2, 0.25) is 0 Å². The number of ketones is 1. The number of rotatable bonds is 9. The Bertz CT molecular complexity index is 2040. The molecular formula is C30H22F2N4O5S2. The van der Waals surface area contributed by atoms with E-state index in [0.717, 1.165) is 24.3 Å². The number of benzene rings is 4. The van der Waals surface area contributed by atoms with E-state index in [9.17, 15) is 30.4 Å². The molecule has 0 radical (unpaired) electrons. The third-order valence-electron chi connectivity index (χ3n) is 6.25. The first kappa shape index (κ1) is 29.4. The van der Waals surface area contributed by atoms with Crippen molar-refractivity contribution < 1.29 is 30.4 Å². The highest BCUT2D eigenvalue weighted by Gasteiger charge is 2.29. The van der Waals surface area contributed by atoms with Gasteiger partial charge in [0.05, 0.1) is 38.0 Å². The van der Waals surface area contributed by atoms with Gasteiger partial charge in [-0.25, -0.2) is 30.6 Å². The number of nitrogen functional groups attached to an aromatic ring is 1. The molecule has 9 nitrogen and oxygen atoms in total. The molecule has 0 aliphatic carbocycles. The first-order chi connectivity index (χ1) is 20.5. The van der Waals surface area contributed by atoms with Crippen LogP contribution in [0.4, 0.5) is 31.7 Å². The van der Waals surface area contributed by atoms with E-state index >= 15 is 0 Å². The quantitative estimate of drug-likeness (QED) is 0.182. The Balaban J connectivity index is 1.66. The van der Waals surface area contributed by atoms with Crippen LogP contribution >= 0.6 is 0 Å². The molecule has 0 spiro atoms. The van der Waals surface area contributed by atoms with Gasteiger partial charge in [0, 0.05) is 0 Å². The van der Waals surface area contributed by atoms with Crippen LogP contribution in [-0.2, 0) is 19.9 Å². The molecular weight excluding hydrogens is 598 g/mol. The van der Waals surface area contributed by atoms with Crippen molar-refractivity contribution in [1.29, 1.82) is 0 Å². The van der Waals surface area contributed by atoms with Crippen LogP contribution in [-0.4, -0.2) is 27.6 Å². The van der Waals surface area contributed by atoms with E-state index in [4.69, 9.17) is 5.73 Å².